The largest absolute Gasteiger partial charge is 0.370 e. The molecule has 1 aromatic carbocycles. The van der Waals surface area contributed by atoms with Crippen molar-refractivity contribution < 1.29 is 4.79 Å². The van der Waals surface area contributed by atoms with Gasteiger partial charge in [-0.1, -0.05) is 24.6 Å². The normalized spacial score (nSPS) is 14.3. The number of aryl methyl sites for hydroxylation is 3. The Labute approximate surface area is 110 Å². The van der Waals surface area contributed by atoms with Crippen LogP contribution in [0.2, 0.25) is 0 Å². The predicted octanol–water partition coefficient (Wildman–Crippen LogP) is 2.51. The molecule has 0 aliphatic rings. The smallest absolute Gasteiger partial charge is 0.217 e. The van der Waals surface area contributed by atoms with Crippen LogP contribution in [0.5, 0.6) is 0 Å². The molecule has 2 unspecified atom stereocenters. The van der Waals surface area contributed by atoms with E-state index in [2.05, 4.69) is 32.9 Å². The lowest BCUT2D eigenvalue weighted by Gasteiger charge is -2.21. The lowest BCUT2D eigenvalue weighted by Crippen LogP contribution is -2.20. The van der Waals surface area contributed by atoms with Gasteiger partial charge in [0.15, 0.2) is 0 Å². The van der Waals surface area contributed by atoms with Crippen LogP contribution in [0.25, 0.3) is 0 Å². The van der Waals surface area contributed by atoms with Gasteiger partial charge in [0.25, 0.3) is 0 Å². The van der Waals surface area contributed by atoms with Crippen LogP contribution in [0.1, 0.15) is 48.1 Å². The molecule has 0 aromatic heterocycles. The Hall–Kier alpha value is -1.35. The van der Waals surface area contributed by atoms with Crippen LogP contribution in [-0.2, 0) is 4.79 Å². The Morgan fingerprint density at radius 2 is 1.72 bits per heavy atom. The highest BCUT2D eigenvalue weighted by molar-refractivity contribution is 5.73. The van der Waals surface area contributed by atoms with Crippen LogP contribution in [0, 0.1) is 26.7 Å². The van der Waals surface area contributed by atoms with Gasteiger partial charge in [-0.15, -0.1) is 0 Å². The second-order valence-corrected chi connectivity index (χ2v) is 5.43. The van der Waals surface area contributed by atoms with E-state index in [0.717, 1.165) is 6.42 Å². The quantitative estimate of drug-likeness (QED) is 0.840. The van der Waals surface area contributed by atoms with E-state index in [9.17, 15) is 4.79 Å². The molecule has 4 N–H and O–H groups in total. The van der Waals surface area contributed by atoms with Crippen molar-refractivity contribution in [3.63, 3.8) is 0 Å². The second-order valence-electron chi connectivity index (χ2n) is 5.43. The highest BCUT2D eigenvalue weighted by Crippen LogP contribution is 2.27. The van der Waals surface area contributed by atoms with Gasteiger partial charge in [-0.3, -0.25) is 4.79 Å². The first kappa shape index (κ1) is 14.7. The van der Waals surface area contributed by atoms with E-state index in [-0.39, 0.29) is 17.9 Å². The molecular formula is C15H24N2O. The van der Waals surface area contributed by atoms with Crippen molar-refractivity contribution in [2.24, 2.45) is 17.4 Å². The van der Waals surface area contributed by atoms with E-state index in [1.165, 1.54) is 22.3 Å². The van der Waals surface area contributed by atoms with E-state index in [1.807, 2.05) is 6.92 Å². The summed E-state index contributed by atoms with van der Waals surface area (Å²) in [5, 5.41) is 0. The number of carbonyl (C=O) groups excluding carboxylic acids is 1. The summed E-state index contributed by atoms with van der Waals surface area (Å²) in [6, 6.07) is 4.28. The van der Waals surface area contributed by atoms with Crippen LogP contribution >= 0.6 is 0 Å². The maximum absolute atomic E-state index is 10.9. The van der Waals surface area contributed by atoms with Gasteiger partial charge in [-0.05, 0) is 49.8 Å². The summed E-state index contributed by atoms with van der Waals surface area (Å²) in [5.41, 5.74) is 16.4. The van der Waals surface area contributed by atoms with Crippen LogP contribution in [0.4, 0.5) is 0 Å². The van der Waals surface area contributed by atoms with Crippen molar-refractivity contribution in [3.8, 4) is 0 Å². The molecule has 0 radical (unpaired) electrons. The maximum Gasteiger partial charge on any atom is 0.217 e. The van der Waals surface area contributed by atoms with E-state index in [0.29, 0.717) is 6.42 Å². The molecule has 3 nitrogen and oxygen atoms in total. The molecule has 0 heterocycles. The van der Waals surface area contributed by atoms with Crippen molar-refractivity contribution >= 4 is 5.91 Å². The highest BCUT2D eigenvalue weighted by atomic mass is 16.1. The van der Waals surface area contributed by atoms with Gasteiger partial charge in [0, 0.05) is 12.5 Å². The number of primary amides is 1. The predicted molar refractivity (Wildman–Crippen MR) is 75.2 cm³/mol. The van der Waals surface area contributed by atoms with Crippen LogP contribution in [0.15, 0.2) is 12.1 Å². The lowest BCUT2D eigenvalue weighted by molar-refractivity contribution is -0.118. The van der Waals surface area contributed by atoms with E-state index < -0.39 is 0 Å². The molecule has 2 atom stereocenters. The molecule has 1 aromatic rings. The molecule has 3 heteroatoms. The van der Waals surface area contributed by atoms with Gasteiger partial charge in [0.1, 0.15) is 0 Å². The topological polar surface area (TPSA) is 69.1 Å². The number of hydrogen-bond acceptors (Lipinski definition) is 2. The summed E-state index contributed by atoms with van der Waals surface area (Å²) in [5.74, 6) is -0.0374. The number of carbonyl (C=O) groups is 1. The molecule has 1 amide bonds. The third kappa shape index (κ3) is 3.84. The summed E-state index contributed by atoms with van der Waals surface area (Å²) >= 11 is 0. The molecule has 0 aliphatic heterocycles. The zero-order valence-electron chi connectivity index (χ0n) is 11.8. The molecule has 0 saturated heterocycles. The molecule has 100 valence electrons. The minimum Gasteiger partial charge on any atom is -0.370 e. The molecular weight excluding hydrogens is 224 g/mol. The second kappa shape index (κ2) is 6.01. The fraction of sp³-hybridized carbons (Fsp3) is 0.533. The van der Waals surface area contributed by atoms with Crippen molar-refractivity contribution in [3.05, 3.63) is 34.4 Å². The first-order valence-corrected chi connectivity index (χ1v) is 6.43. The molecule has 0 bridgehead atoms. The van der Waals surface area contributed by atoms with Crippen molar-refractivity contribution in [1.29, 1.82) is 0 Å². The van der Waals surface area contributed by atoms with Crippen molar-refractivity contribution in [2.75, 3.05) is 0 Å². The van der Waals surface area contributed by atoms with Crippen molar-refractivity contribution in [1.82, 2.24) is 0 Å². The summed E-state index contributed by atoms with van der Waals surface area (Å²) in [6.45, 7) is 8.29. The third-order valence-corrected chi connectivity index (χ3v) is 3.31. The van der Waals surface area contributed by atoms with Crippen molar-refractivity contribution in [2.45, 2.75) is 46.6 Å². The molecule has 0 fully saturated rings. The fourth-order valence-electron chi connectivity index (χ4n) is 2.75. The van der Waals surface area contributed by atoms with Crippen LogP contribution in [-0.4, -0.2) is 5.91 Å². The summed E-state index contributed by atoms with van der Waals surface area (Å²) in [6.07, 6.45) is 1.19. The van der Waals surface area contributed by atoms with Gasteiger partial charge < -0.3 is 11.5 Å². The molecule has 18 heavy (non-hydrogen) atoms. The first-order chi connectivity index (χ1) is 8.31. The van der Waals surface area contributed by atoms with Crippen LogP contribution in [0.3, 0.4) is 0 Å². The third-order valence-electron chi connectivity index (χ3n) is 3.31. The lowest BCUT2D eigenvalue weighted by atomic mass is 9.88. The summed E-state index contributed by atoms with van der Waals surface area (Å²) in [7, 11) is 0. The fourth-order valence-corrected chi connectivity index (χ4v) is 2.75. The van der Waals surface area contributed by atoms with E-state index >= 15 is 0 Å². The minimum atomic E-state index is -0.257. The Kier molecular flexibility index (Phi) is 4.91. The van der Waals surface area contributed by atoms with Gasteiger partial charge >= 0.3 is 0 Å². The minimum absolute atomic E-state index is 0.0278. The molecule has 0 spiro atoms. The van der Waals surface area contributed by atoms with Gasteiger partial charge in [-0.25, -0.2) is 0 Å². The van der Waals surface area contributed by atoms with Gasteiger partial charge in [-0.2, -0.15) is 0 Å². The zero-order chi connectivity index (χ0) is 13.9. The highest BCUT2D eigenvalue weighted by Gasteiger charge is 2.16. The van der Waals surface area contributed by atoms with E-state index in [4.69, 9.17) is 11.5 Å². The van der Waals surface area contributed by atoms with E-state index in [1.54, 1.807) is 0 Å². The number of amides is 1. The first-order valence-electron chi connectivity index (χ1n) is 6.43. The Morgan fingerprint density at radius 3 is 2.17 bits per heavy atom. The molecule has 0 saturated carbocycles. The molecule has 1 rings (SSSR count). The molecule has 0 aliphatic carbocycles. The number of nitrogens with two attached hydrogens (primary N) is 2. The Bertz CT molecular complexity index is 417. The summed E-state index contributed by atoms with van der Waals surface area (Å²) in [4.78, 5) is 10.9. The van der Waals surface area contributed by atoms with Crippen LogP contribution < -0.4 is 11.5 Å². The standard InChI is InChI=1S/C15H24N2O/c1-9-5-11(3)15(12(4)6-9)13(16)7-10(2)8-14(17)18/h5-6,10,13H,7-8,16H2,1-4H3,(H2,17,18). The SMILES string of the molecule is Cc1cc(C)c(C(N)CC(C)CC(N)=O)c(C)c1. The number of hydrogen-bond donors (Lipinski definition) is 2. The zero-order valence-corrected chi connectivity index (χ0v) is 11.8. The average molecular weight is 248 g/mol. The maximum atomic E-state index is 10.9. The monoisotopic (exact) mass is 248 g/mol. The number of benzene rings is 1. The number of rotatable bonds is 5. The van der Waals surface area contributed by atoms with Gasteiger partial charge in [0.2, 0.25) is 5.91 Å². The average Bonchev–Trinajstić information content (AvgIpc) is 2.12. The Morgan fingerprint density at radius 1 is 1.22 bits per heavy atom. The summed E-state index contributed by atoms with van der Waals surface area (Å²) < 4.78 is 0. The van der Waals surface area contributed by atoms with Gasteiger partial charge in [0.05, 0.1) is 0 Å². The Balaban J connectivity index is 2.84.